The van der Waals surface area contributed by atoms with Gasteiger partial charge in [0.25, 0.3) is 0 Å². The van der Waals surface area contributed by atoms with Gasteiger partial charge in [0.15, 0.2) is 0 Å². The molecule has 5 nitrogen and oxygen atoms in total. The van der Waals surface area contributed by atoms with Gasteiger partial charge < -0.3 is 9.84 Å². The number of rotatable bonds is 6. The van der Waals surface area contributed by atoms with Crippen molar-refractivity contribution in [2.24, 2.45) is 0 Å². The molecule has 0 fully saturated rings. The highest BCUT2D eigenvalue weighted by atomic mass is 16.5. The summed E-state index contributed by atoms with van der Waals surface area (Å²) in [4.78, 5) is 20.5. The maximum atomic E-state index is 10.5. The van der Waals surface area contributed by atoms with Crippen molar-refractivity contribution >= 4 is 11.9 Å². The van der Waals surface area contributed by atoms with Crippen LogP contribution in [-0.2, 0) is 14.3 Å². The summed E-state index contributed by atoms with van der Waals surface area (Å²) in [5, 5.41) is 16.2. The number of nitriles is 1. The fraction of sp³-hybridized carbons (Fsp3) is 0.727. The van der Waals surface area contributed by atoms with Crippen LogP contribution in [0.3, 0.4) is 0 Å². The largest absolute Gasteiger partial charge is 0.481 e. The first-order valence-electron chi connectivity index (χ1n) is 5.32. The van der Waals surface area contributed by atoms with E-state index in [1.807, 2.05) is 6.07 Å². The van der Waals surface area contributed by atoms with Gasteiger partial charge in [-0.1, -0.05) is 26.7 Å². The van der Waals surface area contributed by atoms with Crippen LogP contribution in [0.2, 0.25) is 0 Å². The summed E-state index contributed by atoms with van der Waals surface area (Å²) in [6, 6.07) is 1.87. The Hall–Kier alpha value is -1.57. The molecule has 0 unspecified atom stereocenters. The van der Waals surface area contributed by atoms with E-state index in [2.05, 4.69) is 18.6 Å². The lowest BCUT2D eigenvalue weighted by Crippen LogP contribution is -2.11. The lowest BCUT2D eigenvalue weighted by atomic mass is 10.3. The number of carbonyl (C=O) groups excluding carboxylic acids is 1. The van der Waals surface area contributed by atoms with Crippen LogP contribution in [-0.4, -0.2) is 23.7 Å². The summed E-state index contributed by atoms with van der Waals surface area (Å²) in [6.45, 7) is 4.47. The van der Waals surface area contributed by atoms with E-state index in [4.69, 9.17) is 10.4 Å². The molecule has 0 spiro atoms. The van der Waals surface area contributed by atoms with Crippen molar-refractivity contribution in [2.75, 3.05) is 6.61 Å². The number of hydrogen-bond donors (Lipinski definition) is 1. The van der Waals surface area contributed by atoms with Crippen LogP contribution in [0.5, 0.6) is 0 Å². The number of hydrogen-bond acceptors (Lipinski definition) is 4. The van der Waals surface area contributed by atoms with E-state index in [9.17, 15) is 9.59 Å². The minimum Gasteiger partial charge on any atom is -0.481 e. The van der Waals surface area contributed by atoms with Crippen LogP contribution in [0.4, 0.5) is 0 Å². The van der Waals surface area contributed by atoms with Gasteiger partial charge in [-0.3, -0.25) is 9.59 Å². The zero-order chi connectivity index (χ0) is 12.8. The second-order valence-electron chi connectivity index (χ2n) is 3.05. The van der Waals surface area contributed by atoms with Crippen molar-refractivity contribution in [3.8, 4) is 6.07 Å². The second-order valence-corrected chi connectivity index (χ2v) is 3.05. The lowest BCUT2D eigenvalue weighted by molar-refractivity contribution is -0.151. The Morgan fingerprint density at radius 2 is 1.88 bits per heavy atom. The molecule has 92 valence electrons. The van der Waals surface area contributed by atoms with Gasteiger partial charge in [0.2, 0.25) is 0 Å². The molecule has 0 bridgehead atoms. The average Bonchev–Trinajstić information content (AvgIpc) is 2.24. The maximum Gasteiger partial charge on any atom is 0.317 e. The van der Waals surface area contributed by atoms with Gasteiger partial charge in [-0.05, 0) is 6.42 Å². The first kappa shape index (κ1) is 16.8. The van der Waals surface area contributed by atoms with Crippen molar-refractivity contribution in [2.45, 2.75) is 46.0 Å². The van der Waals surface area contributed by atoms with Crippen molar-refractivity contribution in [3.05, 3.63) is 0 Å². The van der Waals surface area contributed by atoms with Crippen LogP contribution in [0, 0.1) is 11.3 Å². The van der Waals surface area contributed by atoms with E-state index in [0.29, 0.717) is 12.8 Å². The Kier molecular flexibility index (Phi) is 14.1. The van der Waals surface area contributed by atoms with E-state index < -0.39 is 18.4 Å². The molecule has 5 heteroatoms. The van der Waals surface area contributed by atoms with Crippen LogP contribution < -0.4 is 0 Å². The van der Waals surface area contributed by atoms with Crippen molar-refractivity contribution < 1.29 is 19.4 Å². The Labute approximate surface area is 96.0 Å². The van der Waals surface area contributed by atoms with Crippen LogP contribution in [0.25, 0.3) is 0 Å². The highest BCUT2D eigenvalue weighted by molar-refractivity contribution is 5.90. The third-order valence-electron chi connectivity index (χ3n) is 1.49. The number of nitrogens with zero attached hydrogens (tertiary/aromatic N) is 1. The smallest absolute Gasteiger partial charge is 0.317 e. The number of ether oxygens (including phenoxy) is 1. The van der Waals surface area contributed by atoms with Crippen LogP contribution >= 0.6 is 0 Å². The molecule has 0 aliphatic rings. The van der Waals surface area contributed by atoms with Crippen molar-refractivity contribution in [1.29, 1.82) is 5.26 Å². The number of aliphatic carboxylic acids is 1. The molecule has 0 aliphatic heterocycles. The number of carbonyl (C=O) groups is 2. The molecule has 0 heterocycles. The molecule has 0 saturated carbocycles. The third-order valence-corrected chi connectivity index (χ3v) is 1.49. The molecular weight excluding hydrogens is 210 g/mol. The van der Waals surface area contributed by atoms with Gasteiger partial charge in [0.05, 0.1) is 12.7 Å². The monoisotopic (exact) mass is 229 g/mol. The predicted octanol–water partition coefficient (Wildman–Crippen LogP) is 2.11. The quantitative estimate of drug-likeness (QED) is 0.428. The number of esters is 1. The topological polar surface area (TPSA) is 87.4 Å². The first-order valence-corrected chi connectivity index (χ1v) is 5.32. The summed E-state index contributed by atoms with van der Waals surface area (Å²) >= 11 is 0. The molecular formula is C11H19NO4. The minimum absolute atomic E-state index is 0.111. The fourth-order valence-electron chi connectivity index (χ4n) is 0.512. The molecule has 0 rings (SSSR count). The van der Waals surface area contributed by atoms with Gasteiger partial charge in [0.1, 0.15) is 6.42 Å². The Bertz CT molecular complexity index is 231. The summed E-state index contributed by atoms with van der Waals surface area (Å²) < 4.78 is 4.48. The molecule has 0 aromatic rings. The van der Waals surface area contributed by atoms with Crippen molar-refractivity contribution in [3.63, 3.8) is 0 Å². The van der Waals surface area contributed by atoms with Gasteiger partial charge in [-0.2, -0.15) is 5.26 Å². The normalized spacial score (nSPS) is 8.31. The third kappa shape index (κ3) is 18.3. The predicted molar refractivity (Wildman–Crippen MR) is 58.6 cm³/mol. The zero-order valence-electron chi connectivity index (χ0n) is 9.86. The number of unbranched alkanes of at least 4 members (excludes halogenated alkanes) is 2. The first-order chi connectivity index (χ1) is 7.58. The van der Waals surface area contributed by atoms with E-state index in [0.717, 1.165) is 0 Å². The molecule has 0 amide bonds. The highest BCUT2D eigenvalue weighted by Gasteiger charge is 2.07. The zero-order valence-corrected chi connectivity index (χ0v) is 9.86. The standard InChI is InChI=1S/C7H9NO4.C4H10/c8-3-1-2-4-12-7(11)5-6(9)10;1-3-4-2/h1-2,4-5H2,(H,9,10);3-4H2,1-2H3. The van der Waals surface area contributed by atoms with E-state index in [-0.39, 0.29) is 6.61 Å². The van der Waals surface area contributed by atoms with Gasteiger partial charge in [0, 0.05) is 6.42 Å². The summed E-state index contributed by atoms with van der Waals surface area (Å²) in [7, 11) is 0. The Morgan fingerprint density at radius 1 is 1.31 bits per heavy atom. The van der Waals surface area contributed by atoms with Gasteiger partial charge in [-0.25, -0.2) is 0 Å². The van der Waals surface area contributed by atoms with Gasteiger partial charge >= 0.3 is 11.9 Å². The molecule has 0 saturated heterocycles. The molecule has 0 atom stereocenters. The van der Waals surface area contributed by atoms with E-state index in [1.165, 1.54) is 12.8 Å². The Balaban J connectivity index is 0. The number of carboxylic acid groups (broad SMARTS) is 1. The SMILES string of the molecule is CCCC.N#CCCCOC(=O)CC(=O)O. The van der Waals surface area contributed by atoms with Crippen LogP contribution in [0.1, 0.15) is 46.0 Å². The van der Waals surface area contributed by atoms with E-state index in [1.54, 1.807) is 0 Å². The minimum atomic E-state index is -1.21. The van der Waals surface area contributed by atoms with Gasteiger partial charge in [-0.15, -0.1) is 0 Å². The maximum absolute atomic E-state index is 10.5. The lowest BCUT2D eigenvalue weighted by Gasteiger charge is -1.99. The molecule has 0 aliphatic carbocycles. The average molecular weight is 229 g/mol. The van der Waals surface area contributed by atoms with E-state index >= 15 is 0 Å². The fourth-order valence-corrected chi connectivity index (χ4v) is 0.512. The molecule has 0 aromatic carbocycles. The molecule has 0 aromatic heterocycles. The second kappa shape index (κ2) is 13.4. The van der Waals surface area contributed by atoms with Crippen molar-refractivity contribution in [1.82, 2.24) is 0 Å². The summed E-state index contributed by atoms with van der Waals surface area (Å²) in [5.74, 6) is -1.97. The Morgan fingerprint density at radius 3 is 2.25 bits per heavy atom. The molecule has 0 radical (unpaired) electrons. The molecule has 1 N–H and O–H groups in total. The number of carboxylic acids is 1. The highest BCUT2D eigenvalue weighted by Crippen LogP contribution is 1.91. The molecule has 16 heavy (non-hydrogen) atoms. The summed E-state index contributed by atoms with van der Waals surface area (Å²) in [6.07, 6.45) is 2.77. The van der Waals surface area contributed by atoms with Crippen LogP contribution in [0.15, 0.2) is 0 Å². The summed E-state index contributed by atoms with van der Waals surface area (Å²) in [5.41, 5.74) is 0.